The molecule has 0 radical (unpaired) electrons. The van der Waals surface area contributed by atoms with Crippen molar-refractivity contribution in [3.8, 4) is 11.3 Å². The van der Waals surface area contributed by atoms with E-state index in [0.717, 1.165) is 11.3 Å². The highest BCUT2D eigenvalue weighted by molar-refractivity contribution is 5.98. The van der Waals surface area contributed by atoms with Crippen LogP contribution in [0.3, 0.4) is 0 Å². The molecule has 3 rings (SSSR count). The van der Waals surface area contributed by atoms with E-state index in [1.807, 2.05) is 36.4 Å². The SMILES string of the molecule is O=C(N[n+]1ccccc1-c1ccc(F)cc1)c1ccccc1. The average molecular weight is 293 g/mol. The number of nitrogens with one attached hydrogen (secondary N) is 1. The van der Waals surface area contributed by atoms with Crippen LogP contribution in [-0.2, 0) is 0 Å². The predicted octanol–water partition coefficient (Wildman–Crippen LogP) is 3.16. The number of carbonyl (C=O) groups excluding carboxylic acids is 1. The lowest BCUT2D eigenvalue weighted by Crippen LogP contribution is -2.49. The Balaban J connectivity index is 1.92. The molecule has 0 atom stereocenters. The van der Waals surface area contributed by atoms with Crippen LogP contribution in [0.2, 0.25) is 0 Å². The average Bonchev–Trinajstić information content (AvgIpc) is 2.57. The summed E-state index contributed by atoms with van der Waals surface area (Å²) in [5, 5.41) is 0. The third kappa shape index (κ3) is 3.01. The molecule has 0 bridgehead atoms. The topological polar surface area (TPSA) is 33.0 Å². The maximum Gasteiger partial charge on any atom is 0.305 e. The molecule has 0 saturated heterocycles. The second kappa shape index (κ2) is 6.18. The Kier molecular flexibility index (Phi) is 3.92. The summed E-state index contributed by atoms with van der Waals surface area (Å²) in [6.07, 6.45) is 1.75. The molecule has 1 N–H and O–H groups in total. The first-order chi connectivity index (χ1) is 10.7. The second-order valence-electron chi connectivity index (χ2n) is 4.77. The Morgan fingerprint density at radius 1 is 0.864 bits per heavy atom. The number of hydrogen-bond donors (Lipinski definition) is 1. The summed E-state index contributed by atoms with van der Waals surface area (Å²) in [6.45, 7) is 0. The van der Waals surface area contributed by atoms with Gasteiger partial charge in [-0.2, -0.15) is 0 Å². The fourth-order valence-corrected chi connectivity index (χ4v) is 2.16. The number of amides is 1. The minimum absolute atomic E-state index is 0.208. The summed E-state index contributed by atoms with van der Waals surface area (Å²) in [5.74, 6) is -0.500. The predicted molar refractivity (Wildman–Crippen MR) is 82.2 cm³/mol. The van der Waals surface area contributed by atoms with E-state index in [-0.39, 0.29) is 11.7 Å². The molecule has 4 heteroatoms. The van der Waals surface area contributed by atoms with Gasteiger partial charge in [-0.25, -0.2) is 4.39 Å². The Hall–Kier alpha value is -3.01. The molecule has 0 spiro atoms. The zero-order valence-electron chi connectivity index (χ0n) is 11.7. The highest BCUT2D eigenvalue weighted by Crippen LogP contribution is 2.15. The van der Waals surface area contributed by atoms with Crippen LogP contribution in [0.25, 0.3) is 11.3 Å². The lowest BCUT2D eigenvalue weighted by atomic mass is 10.1. The Morgan fingerprint density at radius 2 is 1.55 bits per heavy atom. The first-order valence-corrected chi connectivity index (χ1v) is 6.87. The molecule has 0 aliphatic heterocycles. The molecule has 2 aromatic carbocycles. The molecular formula is C18H14FN2O+. The van der Waals surface area contributed by atoms with Crippen LogP contribution in [-0.4, -0.2) is 5.91 Å². The minimum atomic E-state index is -0.292. The number of pyridine rings is 1. The Labute approximate surface area is 127 Å². The molecule has 0 aliphatic carbocycles. The van der Waals surface area contributed by atoms with E-state index < -0.39 is 0 Å². The van der Waals surface area contributed by atoms with Gasteiger partial charge in [-0.15, -0.1) is 5.43 Å². The summed E-state index contributed by atoms with van der Waals surface area (Å²) < 4.78 is 14.7. The van der Waals surface area contributed by atoms with Crippen molar-refractivity contribution in [2.45, 2.75) is 0 Å². The normalized spacial score (nSPS) is 10.2. The lowest BCUT2D eigenvalue weighted by molar-refractivity contribution is -0.630. The van der Waals surface area contributed by atoms with Gasteiger partial charge in [-0.05, 0) is 42.5 Å². The van der Waals surface area contributed by atoms with Gasteiger partial charge in [0, 0.05) is 23.3 Å². The van der Waals surface area contributed by atoms with E-state index >= 15 is 0 Å². The van der Waals surface area contributed by atoms with Gasteiger partial charge in [0.2, 0.25) is 11.9 Å². The number of carbonyl (C=O) groups is 1. The summed E-state index contributed by atoms with van der Waals surface area (Å²) in [4.78, 5) is 12.3. The van der Waals surface area contributed by atoms with Crippen LogP contribution in [0.1, 0.15) is 10.4 Å². The van der Waals surface area contributed by atoms with Crippen molar-refractivity contribution in [2.75, 3.05) is 5.43 Å². The maximum atomic E-state index is 13.1. The molecule has 0 saturated carbocycles. The third-order valence-electron chi connectivity index (χ3n) is 3.26. The summed E-state index contributed by atoms with van der Waals surface area (Å²) in [6, 6.07) is 20.7. The minimum Gasteiger partial charge on any atom is -0.264 e. The van der Waals surface area contributed by atoms with E-state index in [1.54, 1.807) is 35.1 Å². The second-order valence-corrected chi connectivity index (χ2v) is 4.77. The zero-order chi connectivity index (χ0) is 15.4. The zero-order valence-corrected chi connectivity index (χ0v) is 11.7. The third-order valence-corrected chi connectivity index (χ3v) is 3.26. The Bertz CT molecular complexity index is 786. The molecule has 1 heterocycles. The van der Waals surface area contributed by atoms with Crippen molar-refractivity contribution in [3.05, 3.63) is 90.4 Å². The van der Waals surface area contributed by atoms with Gasteiger partial charge in [0.1, 0.15) is 5.82 Å². The quantitative estimate of drug-likeness (QED) is 0.739. The fraction of sp³-hybridized carbons (Fsp3) is 0. The molecule has 108 valence electrons. The van der Waals surface area contributed by atoms with E-state index in [2.05, 4.69) is 5.43 Å². The van der Waals surface area contributed by atoms with Crippen LogP contribution >= 0.6 is 0 Å². The highest BCUT2D eigenvalue weighted by Gasteiger charge is 2.16. The van der Waals surface area contributed by atoms with Crippen LogP contribution in [0.4, 0.5) is 4.39 Å². The van der Waals surface area contributed by atoms with Crippen molar-refractivity contribution in [3.63, 3.8) is 0 Å². The molecular weight excluding hydrogens is 279 g/mol. The van der Waals surface area contributed by atoms with Crippen LogP contribution in [0, 0.1) is 5.82 Å². The van der Waals surface area contributed by atoms with Gasteiger partial charge in [0.15, 0.2) is 0 Å². The van der Waals surface area contributed by atoms with Crippen molar-refractivity contribution in [2.24, 2.45) is 0 Å². The lowest BCUT2D eigenvalue weighted by Gasteiger charge is -2.04. The van der Waals surface area contributed by atoms with Gasteiger partial charge < -0.3 is 0 Å². The fourth-order valence-electron chi connectivity index (χ4n) is 2.16. The largest absolute Gasteiger partial charge is 0.305 e. The molecule has 3 nitrogen and oxygen atoms in total. The van der Waals surface area contributed by atoms with Crippen molar-refractivity contribution >= 4 is 5.91 Å². The molecule has 22 heavy (non-hydrogen) atoms. The van der Waals surface area contributed by atoms with Gasteiger partial charge in [-0.1, -0.05) is 22.9 Å². The number of nitrogens with zero attached hydrogens (tertiary/aromatic N) is 1. The number of benzene rings is 2. The standard InChI is InChI=1S/C18H13FN2O/c19-16-11-9-14(10-12-16)17-8-4-5-13-21(17)20-18(22)15-6-2-1-3-7-15/h1-13H/p+1. The Morgan fingerprint density at radius 3 is 2.27 bits per heavy atom. The molecule has 1 aromatic heterocycles. The first kappa shape index (κ1) is 13.9. The van der Waals surface area contributed by atoms with Crippen LogP contribution < -0.4 is 10.1 Å². The number of hydrogen-bond acceptors (Lipinski definition) is 1. The monoisotopic (exact) mass is 293 g/mol. The summed E-state index contributed by atoms with van der Waals surface area (Å²) in [7, 11) is 0. The van der Waals surface area contributed by atoms with E-state index in [4.69, 9.17) is 0 Å². The van der Waals surface area contributed by atoms with Gasteiger partial charge in [-0.3, -0.25) is 4.79 Å². The van der Waals surface area contributed by atoms with Crippen molar-refractivity contribution in [1.82, 2.24) is 0 Å². The van der Waals surface area contributed by atoms with E-state index in [1.165, 1.54) is 12.1 Å². The molecule has 0 unspecified atom stereocenters. The van der Waals surface area contributed by atoms with Crippen LogP contribution in [0.15, 0.2) is 79.0 Å². The maximum absolute atomic E-state index is 13.1. The first-order valence-electron chi connectivity index (χ1n) is 6.87. The molecule has 0 fully saturated rings. The smallest absolute Gasteiger partial charge is 0.264 e. The molecule has 3 aromatic rings. The number of aromatic nitrogens is 1. The molecule has 0 aliphatic rings. The van der Waals surface area contributed by atoms with Gasteiger partial charge in [0.05, 0.1) is 0 Å². The van der Waals surface area contributed by atoms with Gasteiger partial charge in [0.25, 0.3) is 0 Å². The molecule has 1 amide bonds. The summed E-state index contributed by atoms with van der Waals surface area (Å²) in [5.41, 5.74) is 4.98. The van der Waals surface area contributed by atoms with Gasteiger partial charge >= 0.3 is 5.91 Å². The highest BCUT2D eigenvalue weighted by atomic mass is 19.1. The van der Waals surface area contributed by atoms with Crippen molar-refractivity contribution < 1.29 is 13.9 Å². The van der Waals surface area contributed by atoms with Crippen molar-refractivity contribution in [1.29, 1.82) is 0 Å². The van der Waals surface area contributed by atoms with Crippen LogP contribution in [0.5, 0.6) is 0 Å². The number of halogens is 1. The summed E-state index contributed by atoms with van der Waals surface area (Å²) >= 11 is 0. The van der Waals surface area contributed by atoms with E-state index in [0.29, 0.717) is 5.56 Å². The van der Waals surface area contributed by atoms with E-state index in [9.17, 15) is 9.18 Å². The number of rotatable bonds is 3.